The molecule has 0 aromatic carbocycles. The highest BCUT2D eigenvalue weighted by Gasteiger charge is 2.52. The van der Waals surface area contributed by atoms with Gasteiger partial charge in [0, 0.05) is 20.1 Å². The number of nitrogens with zero attached hydrogens (tertiary/aromatic N) is 2. The minimum atomic E-state index is -0.792. The van der Waals surface area contributed by atoms with Crippen molar-refractivity contribution in [1.29, 1.82) is 0 Å². The van der Waals surface area contributed by atoms with Crippen LogP contribution in [0.2, 0.25) is 0 Å². The summed E-state index contributed by atoms with van der Waals surface area (Å²) in [6.45, 7) is 2.92. The first-order valence-corrected chi connectivity index (χ1v) is 6.02. The second-order valence-electron chi connectivity index (χ2n) is 4.54. The summed E-state index contributed by atoms with van der Waals surface area (Å²) < 4.78 is 4.91. The maximum atomic E-state index is 11.9. The number of piperidine rings is 1. The van der Waals surface area contributed by atoms with E-state index in [0.717, 1.165) is 0 Å². The molecule has 0 aromatic heterocycles. The number of urea groups is 1. The third-order valence-corrected chi connectivity index (χ3v) is 3.71. The van der Waals surface area contributed by atoms with Crippen molar-refractivity contribution >= 4 is 18.0 Å². The van der Waals surface area contributed by atoms with Gasteiger partial charge in [-0.25, -0.2) is 9.59 Å². The maximum Gasteiger partial charge on any atom is 0.409 e. The average molecular weight is 255 g/mol. The van der Waals surface area contributed by atoms with Gasteiger partial charge < -0.3 is 14.5 Å². The van der Waals surface area contributed by atoms with Gasteiger partial charge in [-0.1, -0.05) is 0 Å². The number of likely N-dealkylation sites (N-methyl/N-ethyl adjacent to an activating group) is 1. The molecule has 2 aliphatic rings. The molecule has 0 bridgehead atoms. The largest absolute Gasteiger partial charge is 0.450 e. The van der Waals surface area contributed by atoms with E-state index in [1.165, 1.54) is 4.90 Å². The van der Waals surface area contributed by atoms with E-state index in [0.29, 0.717) is 32.5 Å². The van der Waals surface area contributed by atoms with Gasteiger partial charge in [-0.2, -0.15) is 0 Å². The Hall–Kier alpha value is -1.79. The SMILES string of the molecule is CCOC(=O)N1CCC2(CC1)C(=O)NC(=O)N2C. The number of ether oxygens (including phenoxy) is 1. The van der Waals surface area contributed by atoms with Crippen LogP contribution in [0.25, 0.3) is 0 Å². The number of imide groups is 1. The smallest absolute Gasteiger partial charge is 0.409 e. The summed E-state index contributed by atoms with van der Waals surface area (Å²) in [5.41, 5.74) is -0.792. The standard InChI is InChI=1S/C11H17N3O4/c1-3-18-10(17)14-6-4-11(5-7-14)8(15)12-9(16)13(11)2/h3-7H2,1-2H3,(H,12,15,16). The Morgan fingerprint density at radius 1 is 1.39 bits per heavy atom. The highest BCUT2D eigenvalue weighted by atomic mass is 16.6. The molecule has 100 valence electrons. The number of likely N-dealkylation sites (tertiary alicyclic amines) is 1. The number of rotatable bonds is 1. The van der Waals surface area contributed by atoms with Gasteiger partial charge in [-0.15, -0.1) is 0 Å². The van der Waals surface area contributed by atoms with Crippen LogP contribution in [0.3, 0.4) is 0 Å². The lowest BCUT2D eigenvalue weighted by atomic mass is 9.86. The summed E-state index contributed by atoms with van der Waals surface area (Å²) in [6, 6.07) is -0.371. The van der Waals surface area contributed by atoms with Crippen LogP contribution in [0.1, 0.15) is 19.8 Å². The molecule has 7 nitrogen and oxygen atoms in total. The lowest BCUT2D eigenvalue weighted by Crippen LogP contribution is -2.56. The van der Waals surface area contributed by atoms with Gasteiger partial charge >= 0.3 is 12.1 Å². The molecule has 0 atom stereocenters. The van der Waals surface area contributed by atoms with Gasteiger partial charge in [-0.05, 0) is 19.8 Å². The number of carbonyl (C=O) groups excluding carboxylic acids is 3. The Bertz CT molecular complexity index is 388. The van der Waals surface area contributed by atoms with E-state index in [4.69, 9.17) is 4.74 Å². The van der Waals surface area contributed by atoms with E-state index in [1.54, 1.807) is 18.9 Å². The second kappa shape index (κ2) is 4.47. The Morgan fingerprint density at radius 3 is 2.44 bits per heavy atom. The van der Waals surface area contributed by atoms with Gasteiger partial charge in [-0.3, -0.25) is 10.1 Å². The number of hydrogen-bond donors (Lipinski definition) is 1. The fraction of sp³-hybridized carbons (Fsp3) is 0.727. The Balaban J connectivity index is 2.04. The van der Waals surface area contributed by atoms with Crippen molar-refractivity contribution in [3.8, 4) is 0 Å². The quantitative estimate of drug-likeness (QED) is 0.677. The lowest BCUT2D eigenvalue weighted by molar-refractivity contribution is -0.128. The first-order valence-electron chi connectivity index (χ1n) is 6.02. The molecular weight excluding hydrogens is 238 g/mol. The lowest BCUT2D eigenvalue weighted by Gasteiger charge is -2.40. The van der Waals surface area contributed by atoms with Crippen LogP contribution in [0.4, 0.5) is 9.59 Å². The van der Waals surface area contributed by atoms with E-state index in [1.807, 2.05) is 0 Å². The Labute approximate surface area is 105 Å². The minimum absolute atomic E-state index is 0.265. The monoisotopic (exact) mass is 255 g/mol. The van der Waals surface area contributed by atoms with Gasteiger partial charge in [0.2, 0.25) is 0 Å². The number of hydrogen-bond acceptors (Lipinski definition) is 4. The molecule has 2 fully saturated rings. The van der Waals surface area contributed by atoms with Gasteiger partial charge in [0.25, 0.3) is 5.91 Å². The maximum absolute atomic E-state index is 11.9. The molecule has 1 spiro atoms. The van der Waals surface area contributed by atoms with Crippen LogP contribution in [0.5, 0.6) is 0 Å². The van der Waals surface area contributed by atoms with E-state index in [2.05, 4.69) is 5.32 Å². The zero-order valence-corrected chi connectivity index (χ0v) is 10.6. The van der Waals surface area contributed by atoms with Crippen LogP contribution >= 0.6 is 0 Å². The molecule has 2 aliphatic heterocycles. The molecule has 2 heterocycles. The van der Waals surface area contributed by atoms with E-state index in [9.17, 15) is 14.4 Å². The van der Waals surface area contributed by atoms with Crippen LogP contribution in [0.15, 0.2) is 0 Å². The van der Waals surface area contributed by atoms with Crippen molar-refractivity contribution in [3.05, 3.63) is 0 Å². The molecule has 0 aliphatic carbocycles. The van der Waals surface area contributed by atoms with Crippen molar-refractivity contribution in [1.82, 2.24) is 15.1 Å². The minimum Gasteiger partial charge on any atom is -0.450 e. The summed E-state index contributed by atoms with van der Waals surface area (Å²) in [5.74, 6) is -0.265. The van der Waals surface area contributed by atoms with Crippen LogP contribution in [-0.4, -0.2) is 60.1 Å². The number of amides is 4. The van der Waals surface area contributed by atoms with Crippen molar-refractivity contribution in [2.24, 2.45) is 0 Å². The summed E-state index contributed by atoms with van der Waals surface area (Å²) in [7, 11) is 1.61. The highest BCUT2D eigenvalue weighted by molar-refractivity contribution is 6.07. The fourth-order valence-corrected chi connectivity index (χ4v) is 2.48. The molecule has 1 N–H and O–H groups in total. The van der Waals surface area contributed by atoms with Crippen molar-refractivity contribution in [2.75, 3.05) is 26.7 Å². The Morgan fingerprint density at radius 2 is 2.00 bits per heavy atom. The highest BCUT2D eigenvalue weighted by Crippen LogP contribution is 2.32. The van der Waals surface area contributed by atoms with Crippen molar-refractivity contribution in [2.45, 2.75) is 25.3 Å². The second-order valence-corrected chi connectivity index (χ2v) is 4.54. The fourth-order valence-electron chi connectivity index (χ4n) is 2.48. The van der Waals surface area contributed by atoms with Gasteiger partial charge in [0.15, 0.2) is 0 Å². The van der Waals surface area contributed by atoms with Gasteiger partial charge in [0.05, 0.1) is 6.61 Å². The molecule has 0 saturated carbocycles. The molecule has 0 aromatic rings. The van der Waals surface area contributed by atoms with Crippen molar-refractivity contribution < 1.29 is 19.1 Å². The van der Waals surface area contributed by atoms with E-state index < -0.39 is 5.54 Å². The van der Waals surface area contributed by atoms with Crippen LogP contribution < -0.4 is 5.32 Å². The summed E-state index contributed by atoms with van der Waals surface area (Å²) in [6.07, 6.45) is 0.527. The van der Waals surface area contributed by atoms with Crippen LogP contribution in [-0.2, 0) is 9.53 Å². The molecule has 2 saturated heterocycles. The molecular formula is C11H17N3O4. The van der Waals surface area contributed by atoms with Crippen molar-refractivity contribution in [3.63, 3.8) is 0 Å². The van der Waals surface area contributed by atoms with Gasteiger partial charge in [0.1, 0.15) is 5.54 Å². The summed E-state index contributed by atoms with van der Waals surface area (Å²) in [4.78, 5) is 37.9. The third kappa shape index (κ3) is 1.79. The number of carbonyl (C=O) groups is 3. The first-order chi connectivity index (χ1) is 8.51. The molecule has 18 heavy (non-hydrogen) atoms. The van der Waals surface area contributed by atoms with Crippen LogP contribution in [0, 0.1) is 0 Å². The molecule has 4 amide bonds. The molecule has 0 unspecified atom stereocenters. The Kier molecular flexibility index (Phi) is 3.14. The zero-order valence-electron chi connectivity index (χ0n) is 10.6. The normalized spacial score (nSPS) is 22.3. The third-order valence-electron chi connectivity index (χ3n) is 3.71. The summed E-state index contributed by atoms with van der Waals surface area (Å²) in [5, 5.41) is 2.31. The first kappa shape index (κ1) is 12.7. The summed E-state index contributed by atoms with van der Waals surface area (Å²) >= 11 is 0. The predicted molar refractivity (Wildman–Crippen MR) is 61.9 cm³/mol. The molecule has 2 rings (SSSR count). The zero-order chi connectivity index (χ0) is 13.3. The van der Waals surface area contributed by atoms with E-state index in [-0.39, 0.29) is 18.0 Å². The topological polar surface area (TPSA) is 79.0 Å². The number of nitrogens with one attached hydrogen (secondary N) is 1. The molecule has 7 heteroatoms. The molecule has 0 radical (unpaired) electrons. The average Bonchev–Trinajstić information content (AvgIpc) is 2.56. The predicted octanol–water partition coefficient (Wildman–Crippen LogP) is 0.159. The van der Waals surface area contributed by atoms with E-state index >= 15 is 0 Å².